The first-order chi connectivity index (χ1) is 12.5. The molecule has 1 aliphatic rings. The van der Waals surface area contributed by atoms with Crippen LogP contribution in [0.2, 0.25) is 0 Å². The zero-order valence-electron chi connectivity index (χ0n) is 15.3. The molecule has 2 aromatic rings. The van der Waals surface area contributed by atoms with Crippen molar-refractivity contribution in [3.05, 3.63) is 65.7 Å². The van der Waals surface area contributed by atoms with E-state index in [-0.39, 0.29) is 30.3 Å². The molecular formula is C21H25ClN2O3. The molecule has 3 rings (SSSR count). The number of carbonyl (C=O) groups is 2. The van der Waals surface area contributed by atoms with E-state index in [0.717, 1.165) is 24.3 Å². The maximum Gasteiger partial charge on any atom is 0.306 e. The van der Waals surface area contributed by atoms with Gasteiger partial charge in [-0.1, -0.05) is 30.3 Å². The van der Waals surface area contributed by atoms with Crippen molar-refractivity contribution in [2.75, 3.05) is 18.4 Å². The first-order valence-corrected chi connectivity index (χ1v) is 8.98. The van der Waals surface area contributed by atoms with Crippen molar-refractivity contribution in [1.82, 2.24) is 4.90 Å². The molecule has 1 atom stereocenters. The smallest absolute Gasteiger partial charge is 0.306 e. The van der Waals surface area contributed by atoms with Gasteiger partial charge in [0.05, 0.1) is 5.92 Å². The Morgan fingerprint density at radius 1 is 1.07 bits per heavy atom. The number of benzene rings is 2. The number of nitrogens with zero attached hydrogens (tertiary/aromatic N) is 1. The largest absolute Gasteiger partial charge is 0.481 e. The average molecular weight is 389 g/mol. The summed E-state index contributed by atoms with van der Waals surface area (Å²) < 4.78 is 0. The summed E-state index contributed by atoms with van der Waals surface area (Å²) in [7, 11) is 0. The molecule has 0 saturated carbocycles. The van der Waals surface area contributed by atoms with Crippen LogP contribution in [-0.2, 0) is 4.79 Å². The number of halogens is 1. The maximum atomic E-state index is 12.3. The van der Waals surface area contributed by atoms with Crippen LogP contribution in [0.25, 0.3) is 0 Å². The fourth-order valence-corrected chi connectivity index (χ4v) is 3.41. The second kappa shape index (κ2) is 9.53. The highest BCUT2D eigenvalue weighted by Gasteiger charge is 2.27. The van der Waals surface area contributed by atoms with Crippen molar-refractivity contribution < 1.29 is 14.7 Å². The van der Waals surface area contributed by atoms with Crippen LogP contribution in [0.5, 0.6) is 0 Å². The number of hydrogen-bond donors (Lipinski definition) is 2. The van der Waals surface area contributed by atoms with Crippen LogP contribution in [0.1, 0.15) is 41.7 Å². The summed E-state index contributed by atoms with van der Waals surface area (Å²) in [5.41, 5.74) is 2.51. The van der Waals surface area contributed by atoms with Crippen LogP contribution in [0.4, 0.5) is 5.69 Å². The standard InChI is InChI=1S/C21H24N2O3.ClH/c1-15(23-12-10-17(11-13-23)21(25)26)18-8-5-9-19(14-18)22-20(24)16-6-3-2-4-7-16;/h2-9,14-15,17H,10-13H2,1H3,(H,22,24)(H,25,26);1H. The van der Waals surface area contributed by atoms with Crippen molar-refractivity contribution in [3.8, 4) is 0 Å². The second-order valence-electron chi connectivity index (χ2n) is 6.77. The minimum absolute atomic E-state index is 0. The van der Waals surface area contributed by atoms with E-state index in [9.17, 15) is 9.59 Å². The van der Waals surface area contributed by atoms with Crippen molar-refractivity contribution >= 4 is 30.0 Å². The molecule has 5 nitrogen and oxygen atoms in total. The van der Waals surface area contributed by atoms with Gasteiger partial charge in [0.15, 0.2) is 0 Å². The van der Waals surface area contributed by atoms with Gasteiger partial charge in [0, 0.05) is 17.3 Å². The summed E-state index contributed by atoms with van der Waals surface area (Å²) in [4.78, 5) is 25.7. The summed E-state index contributed by atoms with van der Waals surface area (Å²) in [5, 5.41) is 12.1. The Balaban J connectivity index is 0.00000261. The highest BCUT2D eigenvalue weighted by Crippen LogP contribution is 2.28. The number of hydrogen-bond acceptors (Lipinski definition) is 3. The molecule has 1 fully saturated rings. The number of amides is 1. The van der Waals surface area contributed by atoms with Crippen LogP contribution in [-0.4, -0.2) is 35.0 Å². The summed E-state index contributed by atoms with van der Waals surface area (Å²) in [5.74, 6) is -1.05. The average Bonchev–Trinajstić information content (AvgIpc) is 2.68. The highest BCUT2D eigenvalue weighted by molar-refractivity contribution is 6.04. The van der Waals surface area contributed by atoms with Crippen molar-refractivity contribution in [3.63, 3.8) is 0 Å². The Hall–Kier alpha value is -2.37. The summed E-state index contributed by atoms with van der Waals surface area (Å²) in [6, 6.07) is 17.2. The minimum atomic E-state index is -0.692. The Labute approximate surface area is 165 Å². The molecule has 2 N–H and O–H groups in total. The molecule has 1 unspecified atom stereocenters. The van der Waals surface area contributed by atoms with E-state index in [0.29, 0.717) is 18.4 Å². The van der Waals surface area contributed by atoms with Gasteiger partial charge in [-0.15, -0.1) is 12.4 Å². The lowest BCUT2D eigenvalue weighted by atomic mass is 9.94. The fourth-order valence-electron chi connectivity index (χ4n) is 3.41. The van der Waals surface area contributed by atoms with Crippen molar-refractivity contribution in [2.24, 2.45) is 5.92 Å². The molecule has 27 heavy (non-hydrogen) atoms. The topological polar surface area (TPSA) is 69.6 Å². The number of carboxylic acids is 1. The van der Waals surface area contributed by atoms with Gasteiger partial charge in [-0.2, -0.15) is 0 Å². The lowest BCUT2D eigenvalue weighted by Crippen LogP contribution is -2.37. The predicted octanol–water partition coefficient (Wildman–Crippen LogP) is 4.22. The van der Waals surface area contributed by atoms with Gasteiger partial charge in [0.2, 0.25) is 0 Å². The molecular weight excluding hydrogens is 364 g/mol. The van der Waals surface area contributed by atoms with Crippen LogP contribution >= 0.6 is 12.4 Å². The number of carbonyl (C=O) groups excluding carboxylic acids is 1. The monoisotopic (exact) mass is 388 g/mol. The number of rotatable bonds is 5. The molecule has 0 aliphatic carbocycles. The van der Waals surface area contributed by atoms with Gasteiger partial charge in [-0.3, -0.25) is 14.5 Å². The molecule has 144 valence electrons. The molecule has 1 heterocycles. The zero-order valence-corrected chi connectivity index (χ0v) is 16.1. The normalized spacial score (nSPS) is 16.2. The summed E-state index contributed by atoms with van der Waals surface area (Å²) in [6.45, 7) is 3.68. The third kappa shape index (κ3) is 5.31. The molecule has 1 aliphatic heterocycles. The predicted molar refractivity (Wildman–Crippen MR) is 108 cm³/mol. The van der Waals surface area contributed by atoms with E-state index in [1.165, 1.54) is 0 Å². The van der Waals surface area contributed by atoms with Crippen molar-refractivity contribution in [2.45, 2.75) is 25.8 Å². The van der Waals surface area contributed by atoms with E-state index in [2.05, 4.69) is 17.1 Å². The molecule has 1 saturated heterocycles. The summed E-state index contributed by atoms with van der Waals surface area (Å²) >= 11 is 0. The molecule has 6 heteroatoms. The molecule has 2 aromatic carbocycles. The highest BCUT2D eigenvalue weighted by atomic mass is 35.5. The zero-order chi connectivity index (χ0) is 18.5. The Morgan fingerprint density at radius 2 is 1.74 bits per heavy atom. The number of aliphatic carboxylic acids is 1. The molecule has 1 amide bonds. The molecule has 0 aromatic heterocycles. The fraction of sp³-hybridized carbons (Fsp3) is 0.333. The van der Waals surface area contributed by atoms with Gasteiger partial charge < -0.3 is 10.4 Å². The summed E-state index contributed by atoms with van der Waals surface area (Å²) in [6.07, 6.45) is 1.37. The SMILES string of the molecule is CC(c1cccc(NC(=O)c2ccccc2)c1)N1CCC(C(=O)O)CC1.Cl. The first kappa shape index (κ1) is 20.9. The quantitative estimate of drug-likeness (QED) is 0.804. The number of nitrogens with one attached hydrogen (secondary N) is 1. The van der Waals surface area contributed by atoms with Crippen LogP contribution in [0, 0.1) is 5.92 Å². The van der Waals surface area contributed by atoms with E-state index in [1.54, 1.807) is 12.1 Å². The number of carboxylic acid groups (broad SMARTS) is 1. The van der Waals surface area contributed by atoms with Gasteiger partial charge in [-0.25, -0.2) is 0 Å². The van der Waals surface area contributed by atoms with E-state index >= 15 is 0 Å². The minimum Gasteiger partial charge on any atom is -0.481 e. The van der Waals surface area contributed by atoms with Gasteiger partial charge >= 0.3 is 5.97 Å². The Morgan fingerprint density at radius 3 is 2.37 bits per heavy atom. The van der Waals surface area contributed by atoms with Crippen LogP contribution in [0.15, 0.2) is 54.6 Å². The van der Waals surface area contributed by atoms with E-state index < -0.39 is 5.97 Å². The Bertz CT molecular complexity index is 774. The number of likely N-dealkylation sites (tertiary alicyclic amines) is 1. The number of piperidine rings is 1. The maximum absolute atomic E-state index is 12.3. The molecule has 0 bridgehead atoms. The van der Waals surface area contributed by atoms with Gasteiger partial charge in [-0.05, 0) is 62.7 Å². The first-order valence-electron chi connectivity index (χ1n) is 8.98. The molecule has 0 spiro atoms. The van der Waals surface area contributed by atoms with Gasteiger partial charge in [0.1, 0.15) is 0 Å². The van der Waals surface area contributed by atoms with E-state index in [1.807, 2.05) is 42.5 Å². The third-order valence-corrected chi connectivity index (χ3v) is 5.09. The second-order valence-corrected chi connectivity index (χ2v) is 6.77. The van der Waals surface area contributed by atoms with E-state index in [4.69, 9.17) is 5.11 Å². The van der Waals surface area contributed by atoms with Crippen LogP contribution in [0.3, 0.4) is 0 Å². The number of anilines is 1. The van der Waals surface area contributed by atoms with Crippen molar-refractivity contribution in [1.29, 1.82) is 0 Å². The van der Waals surface area contributed by atoms with Crippen LogP contribution < -0.4 is 5.32 Å². The lowest BCUT2D eigenvalue weighted by Gasteiger charge is -2.35. The van der Waals surface area contributed by atoms with Gasteiger partial charge in [0.25, 0.3) is 5.91 Å². The molecule has 0 radical (unpaired) electrons. The lowest BCUT2D eigenvalue weighted by molar-refractivity contribution is -0.143. The third-order valence-electron chi connectivity index (χ3n) is 5.09. The Kier molecular flexibility index (Phi) is 7.39.